The zero-order chi connectivity index (χ0) is 16.9. The molecule has 0 atom stereocenters. The molecule has 2 rings (SSSR count). The highest BCUT2D eigenvalue weighted by Crippen LogP contribution is 2.23. The second-order valence-electron chi connectivity index (χ2n) is 4.52. The van der Waals surface area contributed by atoms with Crippen LogP contribution in [-0.4, -0.2) is 24.1 Å². The fraction of sp³-hybridized carbons (Fsp3) is 0.125. The Morgan fingerprint density at radius 1 is 1.22 bits per heavy atom. The third-order valence-electron chi connectivity index (χ3n) is 2.90. The minimum Gasteiger partial charge on any atom is -0.497 e. The quantitative estimate of drug-likeness (QED) is 0.853. The van der Waals surface area contributed by atoms with Crippen LogP contribution in [0.1, 0.15) is 5.56 Å². The molecule has 0 saturated heterocycles. The largest absolute Gasteiger partial charge is 0.497 e. The number of carbonyl (C=O) groups excluding carboxylic acids is 1. The summed E-state index contributed by atoms with van der Waals surface area (Å²) in [6.07, 6.45) is -1.57. The first-order valence-electron chi connectivity index (χ1n) is 6.54. The second-order valence-corrected chi connectivity index (χ2v) is 4.52. The molecule has 4 nitrogen and oxygen atoms in total. The lowest BCUT2D eigenvalue weighted by atomic mass is 10.1. The molecule has 0 aliphatic carbocycles. The summed E-state index contributed by atoms with van der Waals surface area (Å²) in [7, 11) is 1.51. The van der Waals surface area contributed by atoms with Crippen LogP contribution in [0.4, 0.5) is 18.9 Å². The summed E-state index contributed by atoms with van der Waals surface area (Å²) in [5.74, 6) is -1.34. The third-order valence-corrected chi connectivity index (χ3v) is 2.90. The maximum Gasteiger partial charge on any atom is 0.454 e. The van der Waals surface area contributed by atoms with Gasteiger partial charge < -0.3 is 10.1 Å². The average Bonchev–Trinajstić information content (AvgIpc) is 2.55. The first-order valence-corrected chi connectivity index (χ1v) is 6.54. The molecule has 0 spiro atoms. The molecule has 0 unspecified atom stereocenters. The van der Waals surface area contributed by atoms with Gasteiger partial charge in [0, 0.05) is 29.7 Å². The molecule has 0 radical (unpaired) electrons. The first-order chi connectivity index (χ1) is 10.9. The SMILES string of the molecule is COc1ccc(N/C(=C\C(=O)C(F)(F)F)c2cccnc2)cc1. The zero-order valence-electron chi connectivity index (χ0n) is 12.1. The number of benzene rings is 1. The van der Waals surface area contributed by atoms with Crippen molar-refractivity contribution >= 4 is 17.2 Å². The monoisotopic (exact) mass is 322 g/mol. The molecule has 1 aromatic carbocycles. The zero-order valence-corrected chi connectivity index (χ0v) is 12.1. The van der Waals surface area contributed by atoms with Crippen molar-refractivity contribution in [3.05, 3.63) is 60.4 Å². The standard InChI is InChI=1S/C16H13F3N2O2/c1-23-13-6-4-12(5-7-13)21-14(9-15(22)16(17,18)19)11-3-2-8-20-10-11/h2-10,21H,1H3/b14-9-. The van der Waals surface area contributed by atoms with E-state index in [1.807, 2.05) is 0 Å². The number of hydrogen-bond acceptors (Lipinski definition) is 4. The topological polar surface area (TPSA) is 51.2 Å². The van der Waals surface area contributed by atoms with E-state index in [0.717, 1.165) is 0 Å². The van der Waals surface area contributed by atoms with E-state index in [9.17, 15) is 18.0 Å². The Labute approximate surface area is 130 Å². The van der Waals surface area contributed by atoms with Crippen molar-refractivity contribution in [1.29, 1.82) is 0 Å². The molecule has 7 heteroatoms. The minimum atomic E-state index is -4.94. The van der Waals surface area contributed by atoms with Crippen LogP contribution in [0.3, 0.4) is 0 Å². The lowest BCUT2D eigenvalue weighted by Crippen LogP contribution is -2.21. The molecule has 1 heterocycles. The summed E-state index contributed by atoms with van der Waals surface area (Å²) in [6, 6.07) is 9.67. The van der Waals surface area contributed by atoms with E-state index in [1.165, 1.54) is 19.5 Å². The number of nitrogens with one attached hydrogen (secondary N) is 1. The molecule has 1 aromatic heterocycles. The van der Waals surface area contributed by atoms with Gasteiger partial charge in [0.1, 0.15) is 5.75 Å². The van der Waals surface area contributed by atoms with Gasteiger partial charge in [-0.15, -0.1) is 0 Å². The lowest BCUT2D eigenvalue weighted by Gasteiger charge is -2.12. The van der Waals surface area contributed by atoms with Crippen LogP contribution in [0, 0.1) is 0 Å². The van der Waals surface area contributed by atoms with E-state index in [1.54, 1.807) is 36.4 Å². The van der Waals surface area contributed by atoms with E-state index in [0.29, 0.717) is 23.1 Å². The molecule has 0 fully saturated rings. The normalized spacial score (nSPS) is 11.9. The smallest absolute Gasteiger partial charge is 0.454 e. The number of ether oxygens (including phenoxy) is 1. The van der Waals surface area contributed by atoms with E-state index in [4.69, 9.17) is 4.74 Å². The summed E-state index contributed by atoms with van der Waals surface area (Å²) < 4.78 is 42.5. The molecule has 0 amide bonds. The molecule has 0 saturated carbocycles. The molecule has 0 aliphatic rings. The number of aromatic nitrogens is 1. The number of carbonyl (C=O) groups is 1. The van der Waals surface area contributed by atoms with Gasteiger partial charge in [-0.2, -0.15) is 13.2 Å². The van der Waals surface area contributed by atoms with Crippen LogP contribution >= 0.6 is 0 Å². The van der Waals surface area contributed by atoms with E-state index < -0.39 is 12.0 Å². The van der Waals surface area contributed by atoms with Crippen molar-refractivity contribution in [2.24, 2.45) is 0 Å². The van der Waals surface area contributed by atoms with Crippen LogP contribution in [0.15, 0.2) is 54.9 Å². The van der Waals surface area contributed by atoms with Crippen molar-refractivity contribution in [2.45, 2.75) is 6.18 Å². The average molecular weight is 322 g/mol. The Balaban J connectivity index is 2.33. The lowest BCUT2D eigenvalue weighted by molar-refractivity contribution is -0.165. The first kappa shape index (κ1) is 16.5. The number of hydrogen-bond donors (Lipinski definition) is 1. The number of alkyl halides is 3. The predicted molar refractivity (Wildman–Crippen MR) is 79.9 cm³/mol. The molecular formula is C16H13F3N2O2. The molecule has 0 aliphatic heterocycles. The number of halogens is 3. The number of nitrogens with zero attached hydrogens (tertiary/aromatic N) is 1. The maximum absolute atomic E-state index is 12.5. The van der Waals surface area contributed by atoms with Gasteiger partial charge in [-0.3, -0.25) is 9.78 Å². The third kappa shape index (κ3) is 4.57. The fourth-order valence-corrected chi connectivity index (χ4v) is 1.76. The van der Waals surface area contributed by atoms with E-state index >= 15 is 0 Å². The molecule has 0 bridgehead atoms. The Hall–Kier alpha value is -2.83. The van der Waals surface area contributed by atoms with Crippen LogP contribution in [-0.2, 0) is 4.79 Å². The molecular weight excluding hydrogens is 309 g/mol. The summed E-state index contributed by atoms with van der Waals surface area (Å²) in [5, 5.41) is 2.79. The van der Waals surface area contributed by atoms with Gasteiger partial charge >= 0.3 is 6.18 Å². The number of methoxy groups -OCH3 is 1. The number of rotatable bonds is 5. The Morgan fingerprint density at radius 3 is 2.43 bits per heavy atom. The van der Waals surface area contributed by atoms with Gasteiger partial charge in [-0.1, -0.05) is 0 Å². The minimum absolute atomic E-state index is 0.00518. The number of anilines is 1. The van der Waals surface area contributed by atoms with Crippen molar-refractivity contribution in [3.63, 3.8) is 0 Å². The van der Waals surface area contributed by atoms with Gasteiger partial charge in [0.2, 0.25) is 0 Å². The highest BCUT2D eigenvalue weighted by Gasteiger charge is 2.36. The van der Waals surface area contributed by atoms with Crippen LogP contribution in [0.25, 0.3) is 5.70 Å². The summed E-state index contributed by atoms with van der Waals surface area (Å²) >= 11 is 0. The summed E-state index contributed by atoms with van der Waals surface area (Å²) in [5.41, 5.74) is 0.877. The van der Waals surface area contributed by atoms with Gasteiger partial charge in [0.25, 0.3) is 5.78 Å². The summed E-state index contributed by atoms with van der Waals surface area (Å²) in [4.78, 5) is 15.1. The maximum atomic E-state index is 12.5. The molecule has 120 valence electrons. The second kappa shape index (κ2) is 6.95. The van der Waals surface area contributed by atoms with Gasteiger partial charge in [0.05, 0.1) is 12.8 Å². The highest BCUT2D eigenvalue weighted by atomic mass is 19.4. The van der Waals surface area contributed by atoms with Crippen LogP contribution in [0.5, 0.6) is 5.75 Å². The van der Waals surface area contributed by atoms with Gasteiger partial charge in [-0.25, -0.2) is 0 Å². The van der Waals surface area contributed by atoms with Crippen molar-refractivity contribution in [2.75, 3.05) is 12.4 Å². The van der Waals surface area contributed by atoms with Crippen molar-refractivity contribution in [1.82, 2.24) is 4.98 Å². The van der Waals surface area contributed by atoms with E-state index in [-0.39, 0.29) is 5.70 Å². The Kier molecular flexibility index (Phi) is 5.00. The predicted octanol–water partition coefficient (Wildman–Crippen LogP) is 3.67. The van der Waals surface area contributed by atoms with Gasteiger partial charge in [0.15, 0.2) is 0 Å². The van der Waals surface area contributed by atoms with Crippen molar-refractivity contribution < 1.29 is 22.7 Å². The number of allylic oxidation sites excluding steroid dienone is 1. The van der Waals surface area contributed by atoms with Crippen molar-refractivity contribution in [3.8, 4) is 5.75 Å². The fourth-order valence-electron chi connectivity index (χ4n) is 1.76. The van der Waals surface area contributed by atoms with Crippen LogP contribution < -0.4 is 10.1 Å². The Morgan fingerprint density at radius 2 is 1.91 bits per heavy atom. The molecule has 23 heavy (non-hydrogen) atoms. The highest BCUT2D eigenvalue weighted by molar-refractivity contribution is 6.02. The van der Waals surface area contributed by atoms with E-state index in [2.05, 4.69) is 10.3 Å². The Bertz CT molecular complexity index is 696. The number of ketones is 1. The molecule has 1 N–H and O–H groups in total. The summed E-state index contributed by atoms with van der Waals surface area (Å²) in [6.45, 7) is 0. The van der Waals surface area contributed by atoms with Gasteiger partial charge in [-0.05, 0) is 36.4 Å². The molecule has 2 aromatic rings. The number of pyridine rings is 1. The van der Waals surface area contributed by atoms with Crippen LogP contribution in [0.2, 0.25) is 0 Å².